The molecule has 0 unspecified atom stereocenters. The first-order chi connectivity index (χ1) is 15.2. The first-order valence-electron chi connectivity index (χ1n) is 11.2. The third kappa shape index (κ3) is 4.99. The van der Waals surface area contributed by atoms with E-state index in [4.69, 9.17) is 15.2 Å². The number of methoxy groups -OCH3 is 1. The fourth-order valence-electron chi connectivity index (χ4n) is 4.28. The van der Waals surface area contributed by atoms with E-state index in [9.17, 15) is 14.7 Å². The fourth-order valence-corrected chi connectivity index (χ4v) is 4.28. The van der Waals surface area contributed by atoms with E-state index in [1.807, 2.05) is 16.7 Å². The highest BCUT2D eigenvalue weighted by molar-refractivity contribution is 5.88. The van der Waals surface area contributed by atoms with Crippen molar-refractivity contribution in [1.82, 2.24) is 4.57 Å². The standard InChI is InChI=1S/C25H34N2O5/c1-25(2,3)23-12-16-11-22(32-10-8-6-5-7-9-26)21(31-4)13-17(16)19-14-20(28)18(24(29)30)15-27(19)23/h11,13-15,23H,5-10,12,26H2,1-4H3,(H,29,30)/t23-/m1/s1. The van der Waals surface area contributed by atoms with Crippen molar-refractivity contribution >= 4 is 5.97 Å². The van der Waals surface area contributed by atoms with Crippen molar-refractivity contribution in [1.29, 1.82) is 0 Å². The Kier molecular flexibility index (Phi) is 7.29. The zero-order valence-corrected chi connectivity index (χ0v) is 19.4. The number of aromatic nitrogens is 1. The largest absolute Gasteiger partial charge is 0.493 e. The monoisotopic (exact) mass is 442 g/mol. The maximum atomic E-state index is 12.5. The molecule has 2 heterocycles. The van der Waals surface area contributed by atoms with E-state index < -0.39 is 11.4 Å². The van der Waals surface area contributed by atoms with Crippen molar-refractivity contribution in [2.75, 3.05) is 20.3 Å². The van der Waals surface area contributed by atoms with Crippen molar-refractivity contribution in [3.63, 3.8) is 0 Å². The van der Waals surface area contributed by atoms with E-state index >= 15 is 0 Å². The van der Waals surface area contributed by atoms with Crippen LogP contribution in [0.4, 0.5) is 0 Å². The number of pyridine rings is 1. The number of ether oxygens (including phenoxy) is 2. The molecule has 3 rings (SSSR count). The second-order valence-electron chi connectivity index (χ2n) is 9.45. The number of fused-ring (bicyclic) bond motifs is 3. The van der Waals surface area contributed by atoms with Gasteiger partial charge < -0.3 is 24.9 Å². The van der Waals surface area contributed by atoms with E-state index in [0.717, 1.165) is 36.8 Å². The van der Waals surface area contributed by atoms with Gasteiger partial charge in [-0.1, -0.05) is 33.6 Å². The Labute approximate surface area is 189 Å². The highest BCUT2D eigenvalue weighted by atomic mass is 16.5. The molecule has 0 saturated heterocycles. The van der Waals surface area contributed by atoms with E-state index in [1.165, 1.54) is 12.3 Å². The van der Waals surface area contributed by atoms with Crippen molar-refractivity contribution in [3.8, 4) is 22.8 Å². The number of hydrogen-bond acceptors (Lipinski definition) is 5. The van der Waals surface area contributed by atoms with Gasteiger partial charge >= 0.3 is 5.97 Å². The van der Waals surface area contributed by atoms with Gasteiger partial charge in [0.15, 0.2) is 16.9 Å². The number of hydrogen-bond donors (Lipinski definition) is 2. The molecule has 7 heteroatoms. The van der Waals surface area contributed by atoms with Gasteiger partial charge in [0, 0.05) is 23.9 Å². The maximum absolute atomic E-state index is 12.5. The number of nitrogens with two attached hydrogens (primary N) is 1. The molecule has 0 aliphatic carbocycles. The van der Waals surface area contributed by atoms with Gasteiger partial charge in [0.1, 0.15) is 5.56 Å². The summed E-state index contributed by atoms with van der Waals surface area (Å²) in [6.45, 7) is 7.67. The summed E-state index contributed by atoms with van der Waals surface area (Å²) in [5, 5.41) is 9.46. The van der Waals surface area contributed by atoms with E-state index in [1.54, 1.807) is 7.11 Å². The number of benzene rings is 1. The molecule has 0 radical (unpaired) electrons. The van der Waals surface area contributed by atoms with Crippen LogP contribution >= 0.6 is 0 Å². The third-order valence-corrected chi connectivity index (χ3v) is 6.08. The average molecular weight is 443 g/mol. The lowest BCUT2D eigenvalue weighted by molar-refractivity contribution is 0.0693. The van der Waals surface area contributed by atoms with E-state index in [-0.39, 0.29) is 17.0 Å². The molecule has 7 nitrogen and oxygen atoms in total. The molecule has 3 N–H and O–H groups in total. The molecule has 0 amide bonds. The number of nitrogens with zero attached hydrogens (tertiary/aromatic N) is 1. The lowest BCUT2D eigenvalue weighted by atomic mass is 9.78. The van der Waals surface area contributed by atoms with Crippen molar-refractivity contribution in [2.24, 2.45) is 11.1 Å². The number of carboxylic acids is 1. The molecule has 1 aromatic heterocycles. The molecule has 1 atom stereocenters. The smallest absolute Gasteiger partial charge is 0.341 e. The molecule has 1 aliphatic heterocycles. The predicted octanol–water partition coefficient (Wildman–Crippen LogP) is 4.26. The number of carbonyl (C=O) groups is 1. The van der Waals surface area contributed by atoms with Gasteiger partial charge in [-0.05, 0) is 48.9 Å². The van der Waals surface area contributed by atoms with Crippen LogP contribution in [0.5, 0.6) is 11.5 Å². The fraction of sp³-hybridized carbons (Fsp3) is 0.520. The summed E-state index contributed by atoms with van der Waals surface area (Å²) in [6, 6.07) is 5.31. The van der Waals surface area contributed by atoms with Crippen LogP contribution in [0.3, 0.4) is 0 Å². The van der Waals surface area contributed by atoms with Gasteiger partial charge in [-0.2, -0.15) is 0 Å². The highest BCUT2D eigenvalue weighted by Gasteiger charge is 2.34. The molecule has 1 aliphatic rings. The van der Waals surface area contributed by atoms with Gasteiger partial charge in [-0.15, -0.1) is 0 Å². The molecular formula is C25H34N2O5. The first-order valence-corrected chi connectivity index (χ1v) is 11.2. The van der Waals surface area contributed by atoms with Crippen LogP contribution in [-0.2, 0) is 6.42 Å². The molecule has 0 fully saturated rings. The normalized spacial score (nSPS) is 15.1. The Morgan fingerprint density at radius 1 is 1.16 bits per heavy atom. The van der Waals surface area contributed by atoms with Crippen LogP contribution in [-0.4, -0.2) is 35.9 Å². The molecular weight excluding hydrogens is 408 g/mol. The molecule has 2 aromatic rings. The lowest BCUT2D eigenvalue weighted by Crippen LogP contribution is -2.32. The summed E-state index contributed by atoms with van der Waals surface area (Å²) in [5.41, 5.74) is 7.31. The molecule has 0 spiro atoms. The molecule has 0 saturated carbocycles. The second kappa shape index (κ2) is 9.77. The lowest BCUT2D eigenvalue weighted by Gasteiger charge is -2.39. The summed E-state index contributed by atoms with van der Waals surface area (Å²) in [4.78, 5) is 24.1. The van der Waals surface area contributed by atoms with Crippen LogP contribution in [0.15, 0.2) is 29.2 Å². The number of unbranched alkanes of at least 4 members (excludes halogenated alkanes) is 3. The Hall–Kier alpha value is -2.80. The highest BCUT2D eigenvalue weighted by Crippen LogP contribution is 2.45. The SMILES string of the molecule is COc1cc2c(cc1OCCCCCCN)C[C@H](C(C)(C)C)n1cc(C(=O)O)c(=O)cc1-2. The average Bonchev–Trinajstić information content (AvgIpc) is 2.73. The quantitative estimate of drug-likeness (QED) is 0.562. The van der Waals surface area contributed by atoms with Crippen LogP contribution in [0.25, 0.3) is 11.3 Å². The molecule has 1 aromatic carbocycles. The van der Waals surface area contributed by atoms with E-state index in [2.05, 4.69) is 20.8 Å². The first kappa shape index (κ1) is 23.9. The summed E-state index contributed by atoms with van der Waals surface area (Å²) < 4.78 is 13.6. The van der Waals surface area contributed by atoms with Crippen molar-refractivity contribution in [3.05, 3.63) is 45.7 Å². The number of carboxylic acid groups (broad SMARTS) is 1. The van der Waals surface area contributed by atoms with Gasteiger partial charge in [0.25, 0.3) is 0 Å². The minimum absolute atomic E-state index is 0.0128. The topological polar surface area (TPSA) is 104 Å². The summed E-state index contributed by atoms with van der Waals surface area (Å²) >= 11 is 0. The number of rotatable bonds is 9. The Morgan fingerprint density at radius 2 is 1.88 bits per heavy atom. The maximum Gasteiger partial charge on any atom is 0.341 e. The number of aromatic carboxylic acids is 1. The van der Waals surface area contributed by atoms with Crippen molar-refractivity contribution in [2.45, 2.75) is 58.9 Å². The Bertz CT molecular complexity index is 1040. The van der Waals surface area contributed by atoms with Gasteiger partial charge in [0.2, 0.25) is 0 Å². The van der Waals surface area contributed by atoms with Crippen LogP contribution in [0.2, 0.25) is 0 Å². The minimum atomic E-state index is -1.21. The third-order valence-electron chi connectivity index (χ3n) is 6.08. The zero-order valence-electron chi connectivity index (χ0n) is 19.4. The van der Waals surface area contributed by atoms with Crippen molar-refractivity contribution < 1.29 is 19.4 Å². The Morgan fingerprint density at radius 3 is 2.50 bits per heavy atom. The molecule has 174 valence electrons. The summed E-state index contributed by atoms with van der Waals surface area (Å²) in [6.07, 6.45) is 6.32. The van der Waals surface area contributed by atoms with Crippen LogP contribution in [0, 0.1) is 5.41 Å². The van der Waals surface area contributed by atoms with E-state index in [0.29, 0.717) is 36.8 Å². The van der Waals surface area contributed by atoms with Gasteiger partial charge in [0.05, 0.1) is 19.4 Å². The minimum Gasteiger partial charge on any atom is -0.493 e. The Balaban J connectivity index is 2.01. The zero-order chi connectivity index (χ0) is 23.5. The van der Waals surface area contributed by atoms with Crippen LogP contribution in [0.1, 0.15) is 68.4 Å². The summed E-state index contributed by atoms with van der Waals surface area (Å²) in [7, 11) is 1.59. The van der Waals surface area contributed by atoms with Gasteiger partial charge in [-0.3, -0.25) is 4.79 Å². The summed E-state index contributed by atoms with van der Waals surface area (Å²) in [5.74, 6) is 0.0773. The van der Waals surface area contributed by atoms with Gasteiger partial charge in [-0.25, -0.2) is 4.79 Å². The molecule has 0 bridgehead atoms. The van der Waals surface area contributed by atoms with Crippen LogP contribution < -0.4 is 20.6 Å². The second-order valence-corrected chi connectivity index (χ2v) is 9.45. The molecule has 32 heavy (non-hydrogen) atoms. The predicted molar refractivity (Wildman–Crippen MR) is 125 cm³/mol.